The number of hydrogen-bond donors (Lipinski definition) is 5. The molecule has 0 aromatic heterocycles. The summed E-state index contributed by atoms with van der Waals surface area (Å²) in [5.74, 6) is -0.707. The summed E-state index contributed by atoms with van der Waals surface area (Å²) in [6.45, 7) is -2.19. The van der Waals surface area contributed by atoms with Gasteiger partial charge in [-0.25, -0.2) is 0 Å². The molecule has 0 unspecified atom stereocenters. The van der Waals surface area contributed by atoms with Crippen molar-refractivity contribution in [2.75, 3.05) is 19.8 Å². The molecule has 0 rings (SSSR count). The highest BCUT2D eigenvalue weighted by Gasteiger charge is 2.31. The maximum atomic E-state index is 10.7. The minimum Gasteiger partial charge on any atom is -0.394 e. The first-order chi connectivity index (χ1) is 7.97. The molecule has 0 aliphatic rings. The Morgan fingerprint density at radius 1 is 1.18 bits per heavy atom. The Morgan fingerprint density at radius 3 is 2.18 bits per heavy atom. The summed E-state index contributed by atoms with van der Waals surface area (Å²) in [5, 5.41) is 44.6. The Bertz CT molecular complexity index is 243. The second kappa shape index (κ2) is 8.23. The van der Waals surface area contributed by atoms with E-state index in [1.165, 1.54) is 0 Å². The summed E-state index contributed by atoms with van der Waals surface area (Å²) in [4.78, 5) is 21.2. The van der Waals surface area contributed by atoms with Crippen molar-refractivity contribution >= 4 is 12.1 Å². The summed E-state index contributed by atoms with van der Waals surface area (Å²) < 4.78 is 4.64. The van der Waals surface area contributed by atoms with Crippen molar-refractivity contribution in [2.24, 2.45) is 0 Å². The predicted octanol–water partition coefficient (Wildman–Crippen LogP) is -3.79. The highest BCUT2D eigenvalue weighted by atomic mass is 16.5. The summed E-state index contributed by atoms with van der Waals surface area (Å²) in [5.41, 5.74) is 0. The quantitative estimate of drug-likeness (QED) is 0.263. The molecule has 0 bridgehead atoms. The van der Waals surface area contributed by atoms with Crippen LogP contribution in [0.15, 0.2) is 0 Å². The number of ether oxygens (including phenoxy) is 1. The van der Waals surface area contributed by atoms with Gasteiger partial charge in [0.05, 0.1) is 6.61 Å². The van der Waals surface area contributed by atoms with Crippen LogP contribution in [0.1, 0.15) is 0 Å². The van der Waals surface area contributed by atoms with E-state index < -0.39 is 50.0 Å². The van der Waals surface area contributed by atoms with E-state index in [0.717, 1.165) is 0 Å². The Kier molecular flexibility index (Phi) is 7.79. The van der Waals surface area contributed by atoms with Crippen molar-refractivity contribution < 1.29 is 39.9 Å². The number of aliphatic hydroxyl groups is 5. The van der Waals surface area contributed by atoms with Crippen LogP contribution in [0.2, 0.25) is 0 Å². The fourth-order valence-electron chi connectivity index (χ4n) is 0.983. The molecule has 0 aromatic carbocycles. The van der Waals surface area contributed by atoms with E-state index in [9.17, 15) is 19.8 Å². The third kappa shape index (κ3) is 5.31. The van der Waals surface area contributed by atoms with Gasteiger partial charge in [-0.1, -0.05) is 0 Å². The van der Waals surface area contributed by atoms with Crippen LogP contribution in [0.4, 0.5) is 0 Å². The number of carbonyl (C=O) groups is 2. The Labute approximate surface area is 97.1 Å². The van der Waals surface area contributed by atoms with Gasteiger partial charge in [0.1, 0.15) is 37.6 Å². The normalized spacial score (nSPS) is 18.2. The van der Waals surface area contributed by atoms with E-state index >= 15 is 0 Å². The van der Waals surface area contributed by atoms with E-state index in [0.29, 0.717) is 0 Å². The molecule has 5 N–H and O–H groups in total. The molecule has 0 saturated heterocycles. The highest BCUT2D eigenvalue weighted by molar-refractivity contribution is 5.80. The van der Waals surface area contributed by atoms with Gasteiger partial charge in [0.15, 0.2) is 12.1 Å². The topological polar surface area (TPSA) is 145 Å². The van der Waals surface area contributed by atoms with E-state index in [1.807, 2.05) is 0 Å². The van der Waals surface area contributed by atoms with E-state index in [1.54, 1.807) is 0 Å². The molecule has 0 aliphatic carbocycles. The van der Waals surface area contributed by atoms with Crippen molar-refractivity contribution in [1.29, 1.82) is 0 Å². The van der Waals surface area contributed by atoms with Gasteiger partial charge in [0, 0.05) is 0 Å². The molecule has 4 atom stereocenters. The van der Waals surface area contributed by atoms with Gasteiger partial charge in [-0.2, -0.15) is 0 Å². The number of Topliss-reactive ketones (excluding diaryl/α,β-unsaturated/α-hetero) is 1. The first-order valence-electron chi connectivity index (χ1n) is 4.82. The van der Waals surface area contributed by atoms with Gasteiger partial charge in [-0.3, -0.25) is 4.79 Å². The van der Waals surface area contributed by atoms with Gasteiger partial charge < -0.3 is 35.1 Å². The fourth-order valence-corrected chi connectivity index (χ4v) is 0.983. The molecule has 0 spiro atoms. The molecule has 8 nitrogen and oxygen atoms in total. The summed E-state index contributed by atoms with van der Waals surface area (Å²) in [6, 6.07) is 0. The first kappa shape index (κ1) is 16.1. The molecule has 0 radical (unpaired) electrons. The minimum atomic E-state index is -1.79. The van der Waals surface area contributed by atoms with Gasteiger partial charge in [0.2, 0.25) is 0 Å². The largest absolute Gasteiger partial charge is 0.394 e. The second-order valence-corrected chi connectivity index (χ2v) is 3.34. The molecule has 0 aliphatic heterocycles. The molecule has 0 fully saturated rings. The molecular weight excluding hydrogens is 236 g/mol. The van der Waals surface area contributed by atoms with Crippen LogP contribution in [-0.4, -0.2) is 81.8 Å². The molecule has 0 saturated carbocycles. The summed E-state index contributed by atoms with van der Waals surface area (Å²) >= 11 is 0. The number of hydrogen-bond acceptors (Lipinski definition) is 8. The number of aldehydes is 1. The second-order valence-electron chi connectivity index (χ2n) is 3.34. The van der Waals surface area contributed by atoms with Crippen molar-refractivity contribution in [2.45, 2.75) is 24.4 Å². The highest BCUT2D eigenvalue weighted by Crippen LogP contribution is 2.06. The molecule has 100 valence electrons. The van der Waals surface area contributed by atoms with Crippen LogP contribution < -0.4 is 0 Å². The van der Waals surface area contributed by atoms with Crippen LogP contribution >= 0.6 is 0 Å². The van der Waals surface area contributed by atoms with E-state index in [-0.39, 0.29) is 6.29 Å². The number of ketones is 1. The Morgan fingerprint density at radius 2 is 1.76 bits per heavy atom. The maximum absolute atomic E-state index is 10.7. The summed E-state index contributed by atoms with van der Waals surface area (Å²) in [7, 11) is 0. The average molecular weight is 252 g/mol. The third-order valence-electron chi connectivity index (χ3n) is 2.02. The molecule has 8 heteroatoms. The average Bonchev–Trinajstić information content (AvgIpc) is 2.36. The number of carbonyl (C=O) groups excluding carboxylic acids is 2. The van der Waals surface area contributed by atoms with Gasteiger partial charge in [-0.15, -0.1) is 0 Å². The predicted molar refractivity (Wildman–Crippen MR) is 53.0 cm³/mol. The van der Waals surface area contributed by atoms with Crippen LogP contribution in [0.5, 0.6) is 0 Å². The van der Waals surface area contributed by atoms with Gasteiger partial charge >= 0.3 is 0 Å². The first-order valence-corrected chi connectivity index (χ1v) is 4.82. The van der Waals surface area contributed by atoms with Crippen LogP contribution in [0.25, 0.3) is 0 Å². The van der Waals surface area contributed by atoms with Crippen LogP contribution in [-0.2, 0) is 14.3 Å². The maximum Gasteiger partial charge on any atom is 0.183 e. The standard InChI is InChI=1S/C9H16O8/c10-1-5(13)4-17-7(3-12)9(16)8(15)6(14)2-11/h3,6-11,14-16H,1-2,4H2/t6-,7+,8-,9-/m1/s1. The lowest BCUT2D eigenvalue weighted by Crippen LogP contribution is -2.47. The van der Waals surface area contributed by atoms with Crippen molar-refractivity contribution in [3.05, 3.63) is 0 Å². The monoisotopic (exact) mass is 252 g/mol. The number of rotatable bonds is 9. The zero-order valence-electron chi connectivity index (χ0n) is 8.97. The lowest BCUT2D eigenvalue weighted by atomic mass is 10.0. The molecule has 0 heterocycles. The minimum absolute atomic E-state index is 0.142. The molecule has 0 aromatic rings. The van der Waals surface area contributed by atoms with E-state index in [2.05, 4.69) is 4.74 Å². The third-order valence-corrected chi connectivity index (χ3v) is 2.02. The van der Waals surface area contributed by atoms with Crippen molar-refractivity contribution in [1.82, 2.24) is 0 Å². The van der Waals surface area contributed by atoms with Crippen LogP contribution in [0.3, 0.4) is 0 Å². The zero-order chi connectivity index (χ0) is 13.4. The van der Waals surface area contributed by atoms with Crippen LogP contribution in [0, 0.1) is 0 Å². The Balaban J connectivity index is 4.34. The Hall–Kier alpha value is -0.900. The summed E-state index contributed by atoms with van der Waals surface area (Å²) in [6.07, 6.45) is -6.62. The lowest BCUT2D eigenvalue weighted by Gasteiger charge is -2.25. The van der Waals surface area contributed by atoms with E-state index in [4.69, 9.17) is 15.3 Å². The molecule has 17 heavy (non-hydrogen) atoms. The van der Waals surface area contributed by atoms with Gasteiger partial charge in [-0.05, 0) is 0 Å². The zero-order valence-corrected chi connectivity index (χ0v) is 8.97. The SMILES string of the molecule is O=C[C@H](OCC(=O)CO)[C@@H](O)[C@H](O)[C@H](O)CO. The smallest absolute Gasteiger partial charge is 0.183 e. The van der Waals surface area contributed by atoms with Gasteiger partial charge in [0.25, 0.3) is 0 Å². The van der Waals surface area contributed by atoms with Crippen molar-refractivity contribution in [3.8, 4) is 0 Å². The molecule has 0 amide bonds. The lowest BCUT2D eigenvalue weighted by molar-refractivity contribution is -0.151. The van der Waals surface area contributed by atoms with Crippen molar-refractivity contribution in [3.63, 3.8) is 0 Å². The number of aliphatic hydroxyl groups excluding tert-OH is 5. The molecular formula is C9H16O8. The fraction of sp³-hybridized carbons (Fsp3) is 0.778.